The van der Waals surface area contributed by atoms with E-state index in [2.05, 4.69) is 10.6 Å². The Balaban J connectivity index is 2.03. The summed E-state index contributed by atoms with van der Waals surface area (Å²) in [5, 5.41) is 4.93. The number of nitrogens with one attached hydrogen (secondary N) is 2. The van der Waals surface area contributed by atoms with Crippen LogP contribution in [0.25, 0.3) is 0 Å². The average molecular weight is 343 g/mol. The monoisotopic (exact) mass is 343 g/mol. The quantitative estimate of drug-likeness (QED) is 0.741. The summed E-state index contributed by atoms with van der Waals surface area (Å²) in [7, 11) is 0. The summed E-state index contributed by atoms with van der Waals surface area (Å²) in [6.45, 7) is 3.39. The smallest absolute Gasteiger partial charge is 0.313 e. The van der Waals surface area contributed by atoms with Crippen LogP contribution in [0, 0.1) is 12.7 Å². The zero-order valence-electron chi connectivity index (χ0n) is 13.8. The third kappa shape index (κ3) is 4.63. The van der Waals surface area contributed by atoms with Crippen molar-refractivity contribution in [2.75, 3.05) is 5.32 Å². The van der Waals surface area contributed by atoms with Gasteiger partial charge in [0, 0.05) is 11.3 Å². The predicted molar refractivity (Wildman–Crippen MR) is 91.3 cm³/mol. The molecule has 7 heteroatoms. The Morgan fingerprint density at radius 2 is 1.68 bits per heavy atom. The second-order valence-electron chi connectivity index (χ2n) is 5.59. The van der Waals surface area contributed by atoms with Crippen LogP contribution in [-0.2, 0) is 9.59 Å². The minimum absolute atomic E-state index is 0.262. The van der Waals surface area contributed by atoms with Crippen LogP contribution in [-0.4, -0.2) is 17.7 Å². The highest BCUT2D eigenvalue weighted by atomic mass is 19.1. The molecule has 25 heavy (non-hydrogen) atoms. The fraction of sp³-hybridized carbons (Fsp3) is 0.167. The van der Waals surface area contributed by atoms with Crippen molar-refractivity contribution in [1.82, 2.24) is 5.32 Å². The molecule has 0 heterocycles. The molecular weight excluding hydrogens is 325 g/mol. The lowest BCUT2D eigenvalue weighted by Gasteiger charge is -2.14. The molecule has 2 rings (SSSR count). The largest absolute Gasteiger partial charge is 0.366 e. The van der Waals surface area contributed by atoms with E-state index in [0.717, 1.165) is 0 Å². The average Bonchev–Trinajstić information content (AvgIpc) is 2.56. The summed E-state index contributed by atoms with van der Waals surface area (Å²) < 4.78 is 12.9. The molecule has 4 N–H and O–H groups in total. The second kappa shape index (κ2) is 7.57. The number of nitrogens with two attached hydrogens (primary N) is 1. The van der Waals surface area contributed by atoms with Crippen molar-refractivity contribution >= 4 is 23.4 Å². The SMILES string of the molecule is Cc1ccc(NC(=O)C(=O)NC(C)c2ccc(F)cc2)cc1C(N)=O. The van der Waals surface area contributed by atoms with E-state index >= 15 is 0 Å². The van der Waals surface area contributed by atoms with E-state index in [-0.39, 0.29) is 17.1 Å². The van der Waals surface area contributed by atoms with Crippen molar-refractivity contribution in [2.24, 2.45) is 5.73 Å². The molecule has 1 atom stereocenters. The highest BCUT2D eigenvalue weighted by molar-refractivity contribution is 6.39. The molecule has 1 unspecified atom stereocenters. The third-order valence-corrected chi connectivity index (χ3v) is 3.68. The number of hydrogen-bond acceptors (Lipinski definition) is 3. The fourth-order valence-electron chi connectivity index (χ4n) is 2.25. The maximum absolute atomic E-state index is 12.9. The van der Waals surface area contributed by atoms with Gasteiger partial charge in [0.15, 0.2) is 0 Å². The Morgan fingerprint density at radius 1 is 1.04 bits per heavy atom. The van der Waals surface area contributed by atoms with Crippen molar-refractivity contribution in [1.29, 1.82) is 0 Å². The van der Waals surface area contributed by atoms with Crippen molar-refractivity contribution in [3.05, 3.63) is 65.0 Å². The Bertz CT molecular complexity index is 819. The summed E-state index contributed by atoms with van der Waals surface area (Å²) in [5.41, 5.74) is 7.13. The van der Waals surface area contributed by atoms with Gasteiger partial charge in [-0.1, -0.05) is 18.2 Å². The number of benzene rings is 2. The second-order valence-corrected chi connectivity index (χ2v) is 5.59. The molecule has 130 valence electrons. The summed E-state index contributed by atoms with van der Waals surface area (Å²) in [6.07, 6.45) is 0. The van der Waals surface area contributed by atoms with Crippen LogP contribution < -0.4 is 16.4 Å². The van der Waals surface area contributed by atoms with Gasteiger partial charge in [-0.05, 0) is 49.2 Å². The van der Waals surface area contributed by atoms with Crippen molar-refractivity contribution in [3.8, 4) is 0 Å². The summed E-state index contributed by atoms with van der Waals surface area (Å²) in [5.74, 6) is -2.74. The first-order valence-electron chi connectivity index (χ1n) is 7.55. The van der Waals surface area contributed by atoms with E-state index in [1.807, 2.05) is 0 Å². The molecular formula is C18H18FN3O3. The Labute approximate surface area is 144 Å². The number of anilines is 1. The molecule has 0 aliphatic rings. The van der Waals surface area contributed by atoms with E-state index in [0.29, 0.717) is 11.1 Å². The lowest BCUT2D eigenvalue weighted by molar-refractivity contribution is -0.136. The third-order valence-electron chi connectivity index (χ3n) is 3.68. The van der Waals surface area contributed by atoms with Crippen molar-refractivity contribution < 1.29 is 18.8 Å². The molecule has 0 fully saturated rings. The molecule has 0 bridgehead atoms. The molecule has 0 aliphatic heterocycles. The number of carbonyl (C=O) groups is 3. The van der Waals surface area contributed by atoms with Gasteiger partial charge in [0.1, 0.15) is 5.82 Å². The number of rotatable bonds is 4. The van der Waals surface area contributed by atoms with Crippen LogP contribution in [0.15, 0.2) is 42.5 Å². The topological polar surface area (TPSA) is 101 Å². The maximum atomic E-state index is 12.9. The van der Waals surface area contributed by atoms with E-state index < -0.39 is 23.8 Å². The van der Waals surface area contributed by atoms with Crippen LogP contribution in [0.3, 0.4) is 0 Å². The molecule has 0 aromatic heterocycles. The van der Waals surface area contributed by atoms with Crippen LogP contribution in [0.4, 0.5) is 10.1 Å². The number of aryl methyl sites for hydroxylation is 1. The fourth-order valence-corrected chi connectivity index (χ4v) is 2.25. The number of carbonyl (C=O) groups excluding carboxylic acids is 3. The maximum Gasteiger partial charge on any atom is 0.313 e. The van der Waals surface area contributed by atoms with Gasteiger partial charge in [-0.15, -0.1) is 0 Å². The van der Waals surface area contributed by atoms with Gasteiger partial charge < -0.3 is 16.4 Å². The van der Waals surface area contributed by atoms with Crippen LogP contribution in [0.2, 0.25) is 0 Å². The highest BCUT2D eigenvalue weighted by Crippen LogP contribution is 2.16. The normalized spacial score (nSPS) is 11.5. The van der Waals surface area contributed by atoms with Crippen LogP contribution in [0.1, 0.15) is 34.5 Å². The summed E-state index contributed by atoms with van der Waals surface area (Å²) >= 11 is 0. The minimum Gasteiger partial charge on any atom is -0.366 e. The highest BCUT2D eigenvalue weighted by Gasteiger charge is 2.18. The number of primary amides is 1. The van der Waals surface area contributed by atoms with E-state index in [1.165, 1.54) is 30.3 Å². The first-order valence-corrected chi connectivity index (χ1v) is 7.55. The molecule has 0 saturated carbocycles. The number of amides is 3. The molecule has 0 aliphatic carbocycles. The van der Waals surface area contributed by atoms with Gasteiger partial charge in [0.2, 0.25) is 5.91 Å². The van der Waals surface area contributed by atoms with Crippen molar-refractivity contribution in [3.63, 3.8) is 0 Å². The van der Waals surface area contributed by atoms with Gasteiger partial charge in [0.25, 0.3) is 0 Å². The molecule has 0 spiro atoms. The Kier molecular flexibility index (Phi) is 5.49. The number of hydrogen-bond donors (Lipinski definition) is 3. The lowest BCUT2D eigenvalue weighted by Crippen LogP contribution is -2.37. The zero-order chi connectivity index (χ0) is 18.6. The van der Waals surface area contributed by atoms with Gasteiger partial charge in [-0.3, -0.25) is 14.4 Å². The van der Waals surface area contributed by atoms with E-state index in [4.69, 9.17) is 5.73 Å². The predicted octanol–water partition coefficient (Wildman–Crippen LogP) is 2.05. The van der Waals surface area contributed by atoms with E-state index in [1.54, 1.807) is 26.0 Å². The molecule has 3 amide bonds. The summed E-state index contributed by atoms with van der Waals surface area (Å²) in [4.78, 5) is 35.3. The zero-order valence-corrected chi connectivity index (χ0v) is 13.8. The van der Waals surface area contributed by atoms with Crippen molar-refractivity contribution in [2.45, 2.75) is 19.9 Å². The van der Waals surface area contributed by atoms with Crippen LogP contribution in [0.5, 0.6) is 0 Å². The molecule has 0 saturated heterocycles. The summed E-state index contributed by atoms with van der Waals surface area (Å²) in [6, 6.07) is 9.72. The van der Waals surface area contributed by atoms with Gasteiger partial charge in [-0.25, -0.2) is 4.39 Å². The molecule has 6 nitrogen and oxygen atoms in total. The molecule has 0 radical (unpaired) electrons. The molecule has 2 aromatic rings. The standard InChI is InChI=1S/C18H18FN3O3/c1-10-3-8-14(9-15(10)16(20)23)22-18(25)17(24)21-11(2)12-4-6-13(19)7-5-12/h3-9,11H,1-2H3,(H2,20,23)(H,21,24)(H,22,25). The van der Waals surface area contributed by atoms with E-state index in [9.17, 15) is 18.8 Å². The van der Waals surface area contributed by atoms with Gasteiger partial charge in [0.05, 0.1) is 6.04 Å². The first-order chi connectivity index (χ1) is 11.8. The Morgan fingerprint density at radius 3 is 2.28 bits per heavy atom. The molecule has 2 aromatic carbocycles. The minimum atomic E-state index is -0.881. The Hall–Kier alpha value is -3.22. The van der Waals surface area contributed by atoms with Gasteiger partial charge >= 0.3 is 11.8 Å². The number of halogens is 1. The van der Waals surface area contributed by atoms with Gasteiger partial charge in [-0.2, -0.15) is 0 Å². The van der Waals surface area contributed by atoms with Crippen LogP contribution >= 0.6 is 0 Å². The lowest BCUT2D eigenvalue weighted by atomic mass is 10.1. The first kappa shape index (κ1) is 18.1.